The predicted octanol–water partition coefficient (Wildman–Crippen LogP) is 3.76. The van der Waals surface area contributed by atoms with Gasteiger partial charge in [-0.1, -0.05) is 27.7 Å². The fourth-order valence-electron chi connectivity index (χ4n) is 1.86. The molecule has 0 saturated carbocycles. The molecule has 0 unspecified atom stereocenters. The summed E-state index contributed by atoms with van der Waals surface area (Å²) in [6.45, 7) is 10.1. The van der Waals surface area contributed by atoms with Crippen LogP contribution in [-0.4, -0.2) is 20.0 Å². The SMILES string of the molecule is CC(C)COC(OCC(C)C)c1ccc2c(c1)OCO2. The summed E-state index contributed by atoms with van der Waals surface area (Å²) in [4.78, 5) is 0. The van der Waals surface area contributed by atoms with E-state index in [0.29, 0.717) is 25.0 Å². The van der Waals surface area contributed by atoms with Crippen LogP contribution < -0.4 is 9.47 Å². The van der Waals surface area contributed by atoms with E-state index in [0.717, 1.165) is 17.1 Å². The van der Waals surface area contributed by atoms with E-state index in [1.807, 2.05) is 18.2 Å². The first-order chi connectivity index (χ1) is 9.56. The third-order valence-electron chi connectivity index (χ3n) is 2.83. The molecule has 112 valence electrons. The van der Waals surface area contributed by atoms with E-state index in [-0.39, 0.29) is 13.1 Å². The lowest BCUT2D eigenvalue weighted by molar-refractivity contribution is -0.158. The molecule has 0 amide bonds. The summed E-state index contributed by atoms with van der Waals surface area (Å²) in [5.41, 5.74) is 0.968. The van der Waals surface area contributed by atoms with Crippen molar-refractivity contribution in [2.45, 2.75) is 34.0 Å². The van der Waals surface area contributed by atoms with Crippen LogP contribution in [0, 0.1) is 11.8 Å². The average molecular weight is 280 g/mol. The van der Waals surface area contributed by atoms with E-state index in [1.165, 1.54) is 0 Å². The number of hydrogen-bond acceptors (Lipinski definition) is 4. The molecule has 0 atom stereocenters. The van der Waals surface area contributed by atoms with Gasteiger partial charge >= 0.3 is 0 Å². The van der Waals surface area contributed by atoms with Crippen molar-refractivity contribution in [3.8, 4) is 11.5 Å². The largest absolute Gasteiger partial charge is 0.454 e. The summed E-state index contributed by atoms with van der Waals surface area (Å²) in [7, 11) is 0. The lowest BCUT2D eigenvalue weighted by Gasteiger charge is -2.21. The molecule has 0 spiro atoms. The topological polar surface area (TPSA) is 36.9 Å². The van der Waals surface area contributed by atoms with E-state index in [9.17, 15) is 0 Å². The Bertz CT molecular complexity index is 416. The first-order valence-electron chi connectivity index (χ1n) is 7.19. The van der Waals surface area contributed by atoms with E-state index in [1.54, 1.807) is 0 Å². The zero-order valence-corrected chi connectivity index (χ0v) is 12.7. The lowest BCUT2D eigenvalue weighted by atomic mass is 10.2. The summed E-state index contributed by atoms with van der Waals surface area (Å²) in [6.07, 6.45) is -0.353. The van der Waals surface area contributed by atoms with Crippen LogP contribution >= 0.6 is 0 Å². The summed E-state index contributed by atoms with van der Waals surface area (Å²) in [5, 5.41) is 0. The zero-order valence-electron chi connectivity index (χ0n) is 12.7. The van der Waals surface area contributed by atoms with Crippen molar-refractivity contribution in [1.82, 2.24) is 0 Å². The minimum Gasteiger partial charge on any atom is -0.454 e. The molecule has 20 heavy (non-hydrogen) atoms. The monoisotopic (exact) mass is 280 g/mol. The molecule has 1 heterocycles. The van der Waals surface area contributed by atoms with Gasteiger partial charge in [-0.25, -0.2) is 0 Å². The molecule has 1 aliphatic heterocycles. The minimum atomic E-state index is -0.353. The first-order valence-corrected chi connectivity index (χ1v) is 7.19. The average Bonchev–Trinajstić information content (AvgIpc) is 2.85. The van der Waals surface area contributed by atoms with Crippen molar-refractivity contribution in [3.63, 3.8) is 0 Å². The molecule has 2 rings (SSSR count). The summed E-state index contributed by atoms with van der Waals surface area (Å²) < 4.78 is 22.5. The van der Waals surface area contributed by atoms with Crippen LogP contribution in [0.25, 0.3) is 0 Å². The molecule has 0 aliphatic carbocycles. The van der Waals surface area contributed by atoms with E-state index >= 15 is 0 Å². The van der Waals surface area contributed by atoms with E-state index < -0.39 is 0 Å². The van der Waals surface area contributed by atoms with Gasteiger partial charge in [0.1, 0.15) is 0 Å². The van der Waals surface area contributed by atoms with E-state index in [2.05, 4.69) is 27.7 Å². The van der Waals surface area contributed by atoms with Crippen molar-refractivity contribution in [2.24, 2.45) is 11.8 Å². The Morgan fingerprint density at radius 1 is 0.950 bits per heavy atom. The fourth-order valence-corrected chi connectivity index (χ4v) is 1.86. The highest BCUT2D eigenvalue weighted by atomic mass is 16.7. The number of benzene rings is 1. The molecule has 0 radical (unpaired) electrons. The maximum absolute atomic E-state index is 5.88. The zero-order chi connectivity index (χ0) is 14.5. The van der Waals surface area contributed by atoms with Crippen LogP contribution in [-0.2, 0) is 9.47 Å². The third kappa shape index (κ3) is 4.12. The van der Waals surface area contributed by atoms with Gasteiger partial charge in [0, 0.05) is 5.56 Å². The van der Waals surface area contributed by atoms with Gasteiger partial charge in [0.2, 0.25) is 6.79 Å². The molecule has 1 aromatic carbocycles. The summed E-state index contributed by atoms with van der Waals surface area (Å²) in [5.74, 6) is 2.47. The quantitative estimate of drug-likeness (QED) is 0.713. The lowest BCUT2D eigenvalue weighted by Crippen LogP contribution is -2.15. The Morgan fingerprint density at radius 2 is 1.55 bits per heavy atom. The van der Waals surface area contributed by atoms with Crippen LogP contribution in [0.1, 0.15) is 39.5 Å². The van der Waals surface area contributed by atoms with Gasteiger partial charge in [0.25, 0.3) is 0 Å². The molecule has 0 saturated heterocycles. The molecule has 0 bridgehead atoms. The van der Waals surface area contributed by atoms with Crippen LogP contribution in [0.15, 0.2) is 18.2 Å². The molecular formula is C16H24O4. The number of ether oxygens (including phenoxy) is 4. The maximum atomic E-state index is 5.88. The molecule has 0 N–H and O–H groups in total. The van der Waals surface area contributed by atoms with Crippen molar-refractivity contribution < 1.29 is 18.9 Å². The second-order valence-electron chi connectivity index (χ2n) is 5.90. The Labute approximate surface area is 121 Å². The van der Waals surface area contributed by atoms with Gasteiger partial charge in [-0.15, -0.1) is 0 Å². The molecule has 4 nitrogen and oxygen atoms in total. The number of hydrogen-bond donors (Lipinski definition) is 0. The van der Waals surface area contributed by atoms with Crippen LogP contribution in [0.4, 0.5) is 0 Å². The molecular weight excluding hydrogens is 256 g/mol. The van der Waals surface area contributed by atoms with Crippen LogP contribution in [0.2, 0.25) is 0 Å². The van der Waals surface area contributed by atoms with Gasteiger partial charge in [-0.3, -0.25) is 0 Å². The highest BCUT2D eigenvalue weighted by Gasteiger charge is 2.19. The Morgan fingerprint density at radius 3 is 2.15 bits per heavy atom. The second-order valence-corrected chi connectivity index (χ2v) is 5.90. The Balaban J connectivity index is 2.07. The highest BCUT2D eigenvalue weighted by molar-refractivity contribution is 5.44. The van der Waals surface area contributed by atoms with E-state index in [4.69, 9.17) is 18.9 Å². The van der Waals surface area contributed by atoms with Gasteiger partial charge in [0.15, 0.2) is 17.8 Å². The molecule has 0 fully saturated rings. The van der Waals surface area contributed by atoms with Crippen molar-refractivity contribution in [1.29, 1.82) is 0 Å². The number of fused-ring (bicyclic) bond motifs is 1. The molecule has 0 aromatic heterocycles. The van der Waals surface area contributed by atoms with Crippen molar-refractivity contribution in [2.75, 3.05) is 20.0 Å². The molecule has 4 heteroatoms. The standard InChI is InChI=1S/C16H24O4/c1-11(2)8-17-16(18-9-12(3)4)13-5-6-14-15(7-13)20-10-19-14/h5-7,11-12,16H,8-10H2,1-4H3. The van der Waals surface area contributed by atoms with Gasteiger partial charge in [0.05, 0.1) is 13.2 Å². The summed E-state index contributed by atoms with van der Waals surface area (Å²) >= 11 is 0. The van der Waals surface area contributed by atoms with Gasteiger partial charge in [-0.05, 0) is 30.0 Å². The smallest absolute Gasteiger partial charge is 0.231 e. The molecule has 1 aromatic rings. The van der Waals surface area contributed by atoms with Crippen LogP contribution in [0.5, 0.6) is 11.5 Å². The minimum absolute atomic E-state index is 0.281. The fraction of sp³-hybridized carbons (Fsp3) is 0.625. The number of rotatable bonds is 7. The third-order valence-corrected chi connectivity index (χ3v) is 2.83. The predicted molar refractivity (Wildman–Crippen MR) is 76.9 cm³/mol. The normalized spacial score (nSPS) is 13.8. The Kier molecular flexibility index (Phi) is 5.26. The Hall–Kier alpha value is -1.26. The van der Waals surface area contributed by atoms with Gasteiger partial charge < -0.3 is 18.9 Å². The second kappa shape index (κ2) is 6.95. The van der Waals surface area contributed by atoms with Crippen LogP contribution in [0.3, 0.4) is 0 Å². The summed E-state index contributed by atoms with van der Waals surface area (Å²) in [6, 6.07) is 5.81. The van der Waals surface area contributed by atoms with Gasteiger partial charge in [-0.2, -0.15) is 0 Å². The maximum Gasteiger partial charge on any atom is 0.231 e. The molecule has 1 aliphatic rings. The highest BCUT2D eigenvalue weighted by Crippen LogP contribution is 2.35. The van der Waals surface area contributed by atoms with Crippen molar-refractivity contribution >= 4 is 0 Å². The van der Waals surface area contributed by atoms with Crippen molar-refractivity contribution in [3.05, 3.63) is 23.8 Å². The first kappa shape index (κ1) is 15.1.